The number of anilines is 1. The van der Waals surface area contributed by atoms with E-state index in [4.69, 9.17) is 16.3 Å². The van der Waals surface area contributed by atoms with Gasteiger partial charge in [-0.25, -0.2) is 9.50 Å². The molecular weight excluding hydrogens is 332 g/mol. The molecule has 0 saturated heterocycles. The predicted octanol–water partition coefficient (Wildman–Crippen LogP) is 4.09. The minimum atomic E-state index is 0.369. The van der Waals surface area contributed by atoms with Crippen molar-refractivity contribution in [3.05, 3.63) is 35.5 Å². The molecule has 1 aliphatic carbocycles. The second-order valence-electron chi connectivity index (χ2n) is 5.78. The Morgan fingerprint density at radius 2 is 2.13 bits per heavy atom. The van der Waals surface area contributed by atoms with Crippen LogP contribution in [-0.2, 0) is 4.74 Å². The smallest absolute Gasteiger partial charge is 0.214 e. The van der Waals surface area contributed by atoms with E-state index in [0.29, 0.717) is 12.1 Å². The lowest BCUT2D eigenvalue weighted by atomic mass is 10.2. The van der Waals surface area contributed by atoms with Crippen molar-refractivity contribution in [3.8, 4) is 11.3 Å². The highest BCUT2D eigenvalue weighted by atomic mass is 35.5. The lowest BCUT2D eigenvalue weighted by Gasteiger charge is -2.10. The molecule has 5 nitrogen and oxygen atoms in total. The number of fused-ring (bicyclic) bond motifs is 1. The van der Waals surface area contributed by atoms with Crippen LogP contribution in [-0.4, -0.2) is 33.9 Å². The van der Waals surface area contributed by atoms with Gasteiger partial charge in [0.05, 0.1) is 18.0 Å². The molecule has 2 heterocycles. The van der Waals surface area contributed by atoms with Gasteiger partial charge in [-0.2, -0.15) is 0 Å². The summed E-state index contributed by atoms with van der Waals surface area (Å²) in [5.74, 6) is 0. The normalized spacial score (nSPS) is 21.1. The highest BCUT2D eigenvalue weighted by Crippen LogP contribution is 2.29. The first-order valence-corrected chi connectivity index (χ1v) is 8.82. The molecule has 0 radical (unpaired) electrons. The SMILES string of the molecule is COC1CCC(Nc2nn3cc(-c4ccc(Cl)cc4)nc3s2)C1. The zero-order chi connectivity index (χ0) is 15.8. The van der Waals surface area contributed by atoms with Crippen molar-refractivity contribution in [1.82, 2.24) is 14.6 Å². The summed E-state index contributed by atoms with van der Waals surface area (Å²) in [5.41, 5.74) is 1.95. The van der Waals surface area contributed by atoms with E-state index in [1.165, 1.54) is 0 Å². The van der Waals surface area contributed by atoms with Gasteiger partial charge in [0, 0.05) is 23.7 Å². The van der Waals surface area contributed by atoms with Crippen LogP contribution < -0.4 is 5.32 Å². The number of hydrogen-bond donors (Lipinski definition) is 1. The minimum absolute atomic E-state index is 0.369. The molecule has 3 aromatic rings. The number of rotatable bonds is 4. The van der Waals surface area contributed by atoms with E-state index in [1.807, 2.05) is 35.0 Å². The van der Waals surface area contributed by atoms with Crippen LogP contribution in [0, 0.1) is 0 Å². The third kappa shape index (κ3) is 3.06. The molecule has 2 unspecified atom stereocenters. The van der Waals surface area contributed by atoms with Crippen LogP contribution in [0.4, 0.5) is 5.13 Å². The van der Waals surface area contributed by atoms with Crippen molar-refractivity contribution >= 4 is 33.0 Å². The van der Waals surface area contributed by atoms with Gasteiger partial charge < -0.3 is 10.1 Å². The van der Waals surface area contributed by atoms with E-state index in [9.17, 15) is 0 Å². The monoisotopic (exact) mass is 348 g/mol. The number of halogens is 1. The zero-order valence-corrected chi connectivity index (χ0v) is 14.3. The highest BCUT2D eigenvalue weighted by Gasteiger charge is 2.25. The Balaban J connectivity index is 1.51. The maximum atomic E-state index is 5.93. The molecule has 1 saturated carbocycles. The third-order valence-corrected chi connectivity index (χ3v) is 5.33. The van der Waals surface area contributed by atoms with E-state index >= 15 is 0 Å². The molecule has 0 bridgehead atoms. The molecule has 120 valence electrons. The van der Waals surface area contributed by atoms with Gasteiger partial charge in [0.15, 0.2) is 0 Å². The fourth-order valence-corrected chi connectivity index (χ4v) is 3.96. The Labute approximate surface area is 143 Å². The van der Waals surface area contributed by atoms with Crippen molar-refractivity contribution in [2.75, 3.05) is 12.4 Å². The lowest BCUT2D eigenvalue weighted by molar-refractivity contribution is 0.108. The van der Waals surface area contributed by atoms with Gasteiger partial charge in [0.25, 0.3) is 0 Å². The molecule has 0 aliphatic heterocycles. The van der Waals surface area contributed by atoms with E-state index in [-0.39, 0.29) is 0 Å². The van der Waals surface area contributed by atoms with Crippen molar-refractivity contribution < 1.29 is 4.74 Å². The maximum absolute atomic E-state index is 5.93. The first-order chi connectivity index (χ1) is 11.2. The molecule has 0 spiro atoms. The second-order valence-corrected chi connectivity index (χ2v) is 7.17. The molecular formula is C16H17ClN4OS. The van der Waals surface area contributed by atoms with Gasteiger partial charge in [-0.05, 0) is 31.4 Å². The first kappa shape index (κ1) is 14.9. The van der Waals surface area contributed by atoms with Crippen molar-refractivity contribution in [3.63, 3.8) is 0 Å². The molecule has 23 heavy (non-hydrogen) atoms. The van der Waals surface area contributed by atoms with Gasteiger partial charge in [-0.15, -0.1) is 5.10 Å². The Bertz CT molecular complexity index is 782. The molecule has 1 aliphatic rings. The number of benzene rings is 1. The summed E-state index contributed by atoms with van der Waals surface area (Å²) in [6, 6.07) is 8.12. The van der Waals surface area contributed by atoms with E-state index in [0.717, 1.165) is 45.6 Å². The van der Waals surface area contributed by atoms with Gasteiger partial charge in [0.1, 0.15) is 0 Å². The summed E-state index contributed by atoms with van der Waals surface area (Å²) in [5, 5.41) is 9.72. The fourth-order valence-electron chi connectivity index (χ4n) is 2.98. The number of ether oxygens (including phenoxy) is 1. The molecule has 1 N–H and O–H groups in total. The van der Waals surface area contributed by atoms with E-state index in [1.54, 1.807) is 18.4 Å². The first-order valence-electron chi connectivity index (χ1n) is 7.63. The summed E-state index contributed by atoms with van der Waals surface area (Å²) >= 11 is 7.50. The quantitative estimate of drug-likeness (QED) is 0.771. The Morgan fingerprint density at radius 1 is 1.30 bits per heavy atom. The summed E-state index contributed by atoms with van der Waals surface area (Å²) in [4.78, 5) is 5.54. The lowest BCUT2D eigenvalue weighted by Crippen LogP contribution is -2.17. The number of nitrogens with one attached hydrogen (secondary N) is 1. The van der Waals surface area contributed by atoms with Crippen LogP contribution in [0.1, 0.15) is 19.3 Å². The minimum Gasteiger partial charge on any atom is -0.381 e. The average Bonchev–Trinajstić information content (AvgIpc) is 3.22. The molecule has 7 heteroatoms. The Morgan fingerprint density at radius 3 is 2.83 bits per heavy atom. The van der Waals surface area contributed by atoms with Crippen molar-refractivity contribution in [1.29, 1.82) is 0 Å². The number of imidazole rings is 1. The summed E-state index contributed by atoms with van der Waals surface area (Å²) in [6.45, 7) is 0. The van der Waals surface area contributed by atoms with Gasteiger partial charge >= 0.3 is 0 Å². The second kappa shape index (κ2) is 6.11. The number of hydrogen-bond acceptors (Lipinski definition) is 5. The molecule has 2 atom stereocenters. The highest BCUT2D eigenvalue weighted by molar-refractivity contribution is 7.20. The molecule has 1 aromatic carbocycles. The fraction of sp³-hybridized carbons (Fsp3) is 0.375. The average molecular weight is 349 g/mol. The number of aromatic nitrogens is 3. The van der Waals surface area contributed by atoms with Crippen LogP contribution in [0.5, 0.6) is 0 Å². The van der Waals surface area contributed by atoms with Crippen LogP contribution >= 0.6 is 22.9 Å². The molecule has 2 aromatic heterocycles. The Kier molecular flexibility index (Phi) is 3.97. The van der Waals surface area contributed by atoms with Gasteiger partial charge in [-0.1, -0.05) is 35.1 Å². The number of methoxy groups -OCH3 is 1. The largest absolute Gasteiger partial charge is 0.381 e. The van der Waals surface area contributed by atoms with Crippen molar-refractivity contribution in [2.45, 2.75) is 31.4 Å². The predicted molar refractivity (Wildman–Crippen MR) is 93.4 cm³/mol. The summed E-state index contributed by atoms with van der Waals surface area (Å²) in [6.07, 6.45) is 5.59. The van der Waals surface area contributed by atoms with Crippen molar-refractivity contribution in [2.24, 2.45) is 0 Å². The zero-order valence-electron chi connectivity index (χ0n) is 12.7. The standard InChI is InChI=1S/C16H17ClN4OS/c1-22-13-7-6-12(8-13)18-15-20-21-9-14(19-16(21)23-15)10-2-4-11(17)5-3-10/h2-5,9,12-13H,6-8H2,1H3,(H,18,20). The molecule has 0 amide bonds. The molecule has 4 rings (SSSR count). The van der Waals surface area contributed by atoms with E-state index < -0.39 is 0 Å². The van der Waals surface area contributed by atoms with Crippen LogP contribution in [0.25, 0.3) is 16.2 Å². The summed E-state index contributed by atoms with van der Waals surface area (Å²) in [7, 11) is 1.78. The van der Waals surface area contributed by atoms with Crippen LogP contribution in [0.2, 0.25) is 5.02 Å². The summed E-state index contributed by atoms with van der Waals surface area (Å²) < 4.78 is 7.25. The Hall–Kier alpha value is -1.63. The van der Waals surface area contributed by atoms with Gasteiger partial charge in [-0.3, -0.25) is 0 Å². The number of nitrogens with zero attached hydrogens (tertiary/aromatic N) is 3. The third-order valence-electron chi connectivity index (χ3n) is 4.23. The maximum Gasteiger partial charge on any atom is 0.214 e. The van der Waals surface area contributed by atoms with Crippen LogP contribution in [0.3, 0.4) is 0 Å². The topological polar surface area (TPSA) is 51.5 Å². The van der Waals surface area contributed by atoms with Gasteiger partial charge in [0.2, 0.25) is 10.1 Å². The van der Waals surface area contributed by atoms with E-state index in [2.05, 4.69) is 15.4 Å². The van der Waals surface area contributed by atoms with Crippen LogP contribution in [0.15, 0.2) is 30.5 Å². The molecule has 1 fully saturated rings.